The molecule has 1 spiro atoms. The van der Waals surface area contributed by atoms with Gasteiger partial charge in [0.2, 0.25) is 0 Å². The van der Waals surface area contributed by atoms with E-state index in [0.29, 0.717) is 11.2 Å². The molecule has 0 amide bonds. The molecular formula is C17H23NO3. The lowest BCUT2D eigenvalue weighted by atomic mass is 9.68. The molecule has 2 fully saturated rings. The fourth-order valence-corrected chi connectivity index (χ4v) is 3.61. The van der Waals surface area contributed by atoms with Crippen LogP contribution in [-0.2, 0) is 11.3 Å². The summed E-state index contributed by atoms with van der Waals surface area (Å²) >= 11 is 0. The highest BCUT2D eigenvalue weighted by Crippen LogP contribution is 2.43. The zero-order valence-corrected chi connectivity index (χ0v) is 12.9. The molecule has 1 aromatic carbocycles. The molecule has 1 saturated heterocycles. The van der Waals surface area contributed by atoms with Crippen LogP contribution in [0.15, 0.2) is 18.2 Å². The molecule has 4 heteroatoms. The molecule has 4 nitrogen and oxygen atoms in total. The molecule has 3 rings (SSSR count). The molecule has 21 heavy (non-hydrogen) atoms. The molecular weight excluding hydrogens is 266 g/mol. The molecule has 1 aliphatic carbocycles. The van der Waals surface area contributed by atoms with Gasteiger partial charge in [0.15, 0.2) is 0 Å². The van der Waals surface area contributed by atoms with Gasteiger partial charge in [-0.15, -0.1) is 0 Å². The number of rotatable bonds is 4. The highest BCUT2D eigenvalue weighted by molar-refractivity contribution is 5.79. The van der Waals surface area contributed by atoms with Crippen LogP contribution in [0.4, 0.5) is 0 Å². The summed E-state index contributed by atoms with van der Waals surface area (Å²) < 4.78 is 10.7. The normalized spacial score (nSPS) is 21.1. The summed E-state index contributed by atoms with van der Waals surface area (Å²) in [4.78, 5) is 13.8. The molecule has 0 N–H and O–H groups in total. The van der Waals surface area contributed by atoms with Crippen molar-refractivity contribution in [3.63, 3.8) is 0 Å². The molecule has 0 aromatic heterocycles. The maximum absolute atomic E-state index is 11.4. The van der Waals surface area contributed by atoms with Crippen molar-refractivity contribution in [2.75, 3.05) is 27.3 Å². The van der Waals surface area contributed by atoms with Crippen molar-refractivity contribution in [2.24, 2.45) is 5.41 Å². The lowest BCUT2D eigenvalue weighted by Gasteiger charge is -2.52. The van der Waals surface area contributed by atoms with Gasteiger partial charge in [0.1, 0.15) is 17.3 Å². The molecule has 1 heterocycles. The first kappa shape index (κ1) is 14.4. The summed E-state index contributed by atoms with van der Waals surface area (Å²) in [6.07, 6.45) is 3.70. The second-order valence-electron chi connectivity index (χ2n) is 6.36. The van der Waals surface area contributed by atoms with E-state index in [0.717, 1.165) is 56.8 Å². The number of Topliss-reactive ketones (excluding diaryl/α,β-unsaturated/α-hetero) is 1. The van der Waals surface area contributed by atoms with Crippen molar-refractivity contribution < 1.29 is 14.3 Å². The Morgan fingerprint density at radius 2 is 1.86 bits per heavy atom. The Morgan fingerprint density at radius 1 is 1.14 bits per heavy atom. The Morgan fingerprint density at radius 3 is 2.48 bits per heavy atom. The zero-order chi connectivity index (χ0) is 14.9. The van der Waals surface area contributed by atoms with Crippen molar-refractivity contribution in [1.82, 2.24) is 4.90 Å². The minimum atomic E-state index is 0.410. The van der Waals surface area contributed by atoms with Gasteiger partial charge in [-0.05, 0) is 24.3 Å². The third kappa shape index (κ3) is 2.91. The Bertz CT molecular complexity index is 523. The predicted octanol–water partition coefficient (Wildman–Crippen LogP) is 2.65. The summed E-state index contributed by atoms with van der Waals surface area (Å²) in [5.41, 5.74) is 1.60. The van der Waals surface area contributed by atoms with Crippen LogP contribution in [0.3, 0.4) is 0 Å². The van der Waals surface area contributed by atoms with Gasteiger partial charge in [-0.1, -0.05) is 6.07 Å². The van der Waals surface area contributed by atoms with Gasteiger partial charge in [-0.3, -0.25) is 9.69 Å². The molecule has 1 aliphatic heterocycles. The van der Waals surface area contributed by atoms with Gasteiger partial charge in [-0.2, -0.15) is 0 Å². The fraction of sp³-hybridized carbons (Fsp3) is 0.588. The first-order valence-electron chi connectivity index (χ1n) is 7.59. The van der Waals surface area contributed by atoms with E-state index in [1.54, 1.807) is 14.2 Å². The summed E-state index contributed by atoms with van der Waals surface area (Å²) in [5, 5.41) is 0. The third-order valence-electron chi connectivity index (χ3n) is 4.87. The van der Waals surface area contributed by atoms with Gasteiger partial charge in [0.05, 0.1) is 14.2 Å². The molecule has 0 unspecified atom stereocenters. The quantitative estimate of drug-likeness (QED) is 0.854. The number of hydrogen-bond acceptors (Lipinski definition) is 4. The SMILES string of the molecule is COc1ccc(CN2CC3(CCC(=O)CC3)C2)c(OC)c1. The number of benzene rings is 1. The van der Waals surface area contributed by atoms with E-state index in [1.165, 1.54) is 5.56 Å². The maximum Gasteiger partial charge on any atom is 0.132 e. The van der Waals surface area contributed by atoms with Crippen LogP contribution in [0, 0.1) is 5.41 Å². The molecule has 114 valence electrons. The van der Waals surface area contributed by atoms with Gasteiger partial charge in [-0.25, -0.2) is 0 Å². The van der Waals surface area contributed by atoms with Crippen molar-refractivity contribution in [2.45, 2.75) is 32.2 Å². The third-order valence-corrected chi connectivity index (χ3v) is 4.87. The monoisotopic (exact) mass is 289 g/mol. The molecule has 0 radical (unpaired) electrons. The average Bonchev–Trinajstić information content (AvgIpc) is 2.48. The number of hydrogen-bond donors (Lipinski definition) is 0. The van der Waals surface area contributed by atoms with Gasteiger partial charge in [0.25, 0.3) is 0 Å². The van der Waals surface area contributed by atoms with E-state index in [2.05, 4.69) is 11.0 Å². The Kier molecular flexibility index (Phi) is 3.89. The zero-order valence-electron chi connectivity index (χ0n) is 12.9. The number of carbonyl (C=O) groups excluding carboxylic acids is 1. The standard InChI is InChI=1S/C17H23NO3/c1-20-15-4-3-13(16(9-15)21-2)10-18-11-17(12-18)7-5-14(19)6-8-17/h3-4,9H,5-8,10-12H2,1-2H3. The number of ether oxygens (including phenoxy) is 2. The van der Waals surface area contributed by atoms with Crippen LogP contribution < -0.4 is 9.47 Å². The van der Waals surface area contributed by atoms with E-state index in [1.807, 2.05) is 12.1 Å². The average molecular weight is 289 g/mol. The summed E-state index contributed by atoms with van der Waals surface area (Å²) in [6, 6.07) is 5.99. The Hall–Kier alpha value is -1.55. The molecule has 0 atom stereocenters. The number of methoxy groups -OCH3 is 2. The van der Waals surface area contributed by atoms with Gasteiger partial charge < -0.3 is 9.47 Å². The van der Waals surface area contributed by atoms with Crippen molar-refractivity contribution in [1.29, 1.82) is 0 Å². The van der Waals surface area contributed by atoms with E-state index in [-0.39, 0.29) is 0 Å². The number of carbonyl (C=O) groups is 1. The minimum Gasteiger partial charge on any atom is -0.497 e. The van der Waals surface area contributed by atoms with E-state index in [9.17, 15) is 4.79 Å². The largest absolute Gasteiger partial charge is 0.497 e. The van der Waals surface area contributed by atoms with Gasteiger partial charge >= 0.3 is 0 Å². The van der Waals surface area contributed by atoms with Crippen LogP contribution >= 0.6 is 0 Å². The number of likely N-dealkylation sites (tertiary alicyclic amines) is 1. The Labute approximate surface area is 126 Å². The first-order chi connectivity index (χ1) is 10.1. The lowest BCUT2D eigenvalue weighted by molar-refractivity contribution is -0.126. The molecule has 2 aliphatic rings. The second kappa shape index (κ2) is 5.68. The highest BCUT2D eigenvalue weighted by Gasteiger charge is 2.44. The van der Waals surface area contributed by atoms with Gasteiger partial charge in [0, 0.05) is 44.1 Å². The lowest BCUT2D eigenvalue weighted by Crippen LogP contribution is -2.56. The smallest absolute Gasteiger partial charge is 0.132 e. The summed E-state index contributed by atoms with van der Waals surface area (Å²) in [7, 11) is 3.36. The van der Waals surface area contributed by atoms with E-state index in [4.69, 9.17) is 9.47 Å². The first-order valence-corrected chi connectivity index (χ1v) is 7.59. The Balaban J connectivity index is 1.60. The van der Waals surface area contributed by atoms with Crippen LogP contribution in [0.2, 0.25) is 0 Å². The van der Waals surface area contributed by atoms with Crippen molar-refractivity contribution in [3.8, 4) is 11.5 Å². The van der Waals surface area contributed by atoms with Crippen molar-refractivity contribution >= 4 is 5.78 Å². The van der Waals surface area contributed by atoms with Crippen molar-refractivity contribution in [3.05, 3.63) is 23.8 Å². The van der Waals surface area contributed by atoms with Crippen LogP contribution in [0.25, 0.3) is 0 Å². The number of ketones is 1. The predicted molar refractivity (Wildman–Crippen MR) is 80.7 cm³/mol. The minimum absolute atomic E-state index is 0.410. The summed E-state index contributed by atoms with van der Waals surface area (Å²) in [6.45, 7) is 3.12. The van der Waals surface area contributed by atoms with Crippen LogP contribution in [-0.4, -0.2) is 38.0 Å². The second-order valence-corrected chi connectivity index (χ2v) is 6.36. The van der Waals surface area contributed by atoms with Crippen LogP contribution in [0.1, 0.15) is 31.2 Å². The van der Waals surface area contributed by atoms with Crippen LogP contribution in [0.5, 0.6) is 11.5 Å². The number of nitrogens with zero attached hydrogens (tertiary/aromatic N) is 1. The highest BCUT2D eigenvalue weighted by atomic mass is 16.5. The summed E-state index contributed by atoms with van der Waals surface area (Å²) in [5.74, 6) is 2.14. The topological polar surface area (TPSA) is 38.8 Å². The van der Waals surface area contributed by atoms with E-state index < -0.39 is 0 Å². The van der Waals surface area contributed by atoms with E-state index >= 15 is 0 Å². The molecule has 1 saturated carbocycles. The molecule has 0 bridgehead atoms. The maximum atomic E-state index is 11.4. The molecule has 1 aromatic rings. The fourth-order valence-electron chi connectivity index (χ4n) is 3.61.